The number of ether oxygens (including phenoxy) is 6. The van der Waals surface area contributed by atoms with Crippen LogP contribution in [0.5, 0.6) is 28.7 Å². The number of hydrogen-bond acceptors (Lipinski definition) is 8. The lowest BCUT2D eigenvalue weighted by atomic mass is 9.95. The first kappa shape index (κ1) is 27.6. The van der Waals surface area contributed by atoms with Gasteiger partial charge >= 0.3 is 0 Å². The van der Waals surface area contributed by atoms with E-state index in [4.69, 9.17) is 32.8 Å². The first-order valence-electron chi connectivity index (χ1n) is 11.7. The zero-order chi connectivity index (χ0) is 26.5. The highest BCUT2D eigenvalue weighted by Gasteiger charge is 2.36. The Morgan fingerprint density at radius 3 is 1.97 bits per heavy atom. The summed E-state index contributed by atoms with van der Waals surface area (Å²) in [4.78, 5) is 13.5. The number of methoxy groups -OCH3 is 5. The Morgan fingerprint density at radius 2 is 1.44 bits per heavy atom. The molecule has 0 heterocycles. The van der Waals surface area contributed by atoms with Gasteiger partial charge in [0.25, 0.3) is 0 Å². The molecular formula is C27H36O8Si. The van der Waals surface area contributed by atoms with Gasteiger partial charge in [-0.3, -0.25) is 4.79 Å². The maximum absolute atomic E-state index is 13.5. The number of hydrogen-bond donors (Lipinski definition) is 0. The molecule has 0 spiro atoms. The Hall–Kier alpha value is -3.01. The fourth-order valence-electron chi connectivity index (χ4n) is 4.13. The summed E-state index contributed by atoms with van der Waals surface area (Å²) in [7, 11) is 6.84. The molecule has 1 aliphatic rings. The first-order chi connectivity index (χ1) is 17.2. The van der Waals surface area contributed by atoms with E-state index in [1.54, 1.807) is 47.7 Å². The van der Waals surface area contributed by atoms with Gasteiger partial charge in [0.15, 0.2) is 45.3 Å². The molecular weight excluding hydrogens is 480 g/mol. The molecule has 0 saturated carbocycles. The van der Waals surface area contributed by atoms with Crippen LogP contribution in [-0.4, -0.2) is 64.0 Å². The van der Waals surface area contributed by atoms with Crippen LogP contribution in [0.2, 0.25) is 5.04 Å². The van der Waals surface area contributed by atoms with E-state index < -0.39 is 9.76 Å². The molecule has 2 aromatic carbocycles. The van der Waals surface area contributed by atoms with E-state index in [9.17, 15) is 4.79 Å². The number of benzene rings is 2. The summed E-state index contributed by atoms with van der Waals surface area (Å²) in [5.41, 5.74) is 2.84. The van der Waals surface area contributed by atoms with Crippen LogP contribution in [0.4, 0.5) is 0 Å². The van der Waals surface area contributed by atoms with E-state index in [1.807, 2.05) is 18.2 Å². The summed E-state index contributed by atoms with van der Waals surface area (Å²) in [6.45, 7) is 6.53. The van der Waals surface area contributed by atoms with E-state index in [2.05, 4.69) is 20.8 Å². The lowest BCUT2D eigenvalue weighted by Crippen LogP contribution is -2.21. The quantitative estimate of drug-likeness (QED) is 0.324. The molecule has 0 radical (unpaired) electrons. The Balaban J connectivity index is 2.24. The molecule has 0 saturated heterocycles. The zero-order valence-electron chi connectivity index (χ0n) is 22.4. The van der Waals surface area contributed by atoms with Crippen LogP contribution in [0.1, 0.15) is 38.3 Å². The predicted molar refractivity (Wildman–Crippen MR) is 141 cm³/mol. The van der Waals surface area contributed by atoms with Crippen molar-refractivity contribution in [1.29, 1.82) is 0 Å². The summed E-state index contributed by atoms with van der Waals surface area (Å²) < 4.78 is 39.4. The van der Waals surface area contributed by atoms with Crippen molar-refractivity contribution in [2.24, 2.45) is 0 Å². The van der Waals surface area contributed by atoms with E-state index in [0.29, 0.717) is 39.9 Å². The van der Waals surface area contributed by atoms with Crippen LogP contribution < -0.4 is 23.7 Å². The van der Waals surface area contributed by atoms with E-state index in [1.165, 1.54) is 0 Å². The lowest BCUT2D eigenvalue weighted by molar-refractivity contribution is -0.114. The molecule has 0 N–H and O–H groups in total. The van der Waals surface area contributed by atoms with Crippen molar-refractivity contribution < 1.29 is 37.6 Å². The van der Waals surface area contributed by atoms with Gasteiger partial charge in [-0.25, -0.2) is 0 Å². The predicted octanol–water partition coefficient (Wildman–Crippen LogP) is 4.27. The largest absolute Gasteiger partial charge is 0.493 e. The van der Waals surface area contributed by atoms with Gasteiger partial charge in [0.1, 0.15) is 0 Å². The molecule has 196 valence electrons. The van der Waals surface area contributed by atoms with E-state index in [-0.39, 0.29) is 30.1 Å². The summed E-state index contributed by atoms with van der Waals surface area (Å²) in [6.07, 6.45) is -0.119. The zero-order valence-corrected chi connectivity index (χ0v) is 23.8. The second-order valence-electron chi connectivity index (χ2n) is 9.61. The normalized spacial score (nSPS) is 16.1. The van der Waals surface area contributed by atoms with Gasteiger partial charge in [-0.2, -0.15) is 0 Å². The minimum Gasteiger partial charge on any atom is -0.493 e. The summed E-state index contributed by atoms with van der Waals surface area (Å²) in [5.74, 6) is 2.47. The molecule has 0 aromatic heterocycles. The number of rotatable bonds is 11. The molecule has 2 aromatic rings. The minimum atomic E-state index is -0.943. The van der Waals surface area contributed by atoms with Crippen molar-refractivity contribution in [1.82, 2.24) is 0 Å². The average Bonchev–Trinajstić information content (AvgIpc) is 3.20. The highest BCUT2D eigenvalue weighted by Crippen LogP contribution is 2.46. The van der Waals surface area contributed by atoms with Gasteiger partial charge in [0.05, 0.1) is 34.5 Å². The Morgan fingerprint density at radius 1 is 0.833 bits per heavy atom. The van der Waals surface area contributed by atoms with Gasteiger partial charge in [-0.15, -0.1) is 0 Å². The molecule has 9 heteroatoms. The van der Waals surface area contributed by atoms with Crippen LogP contribution in [0.25, 0.3) is 11.1 Å². The molecule has 0 fully saturated rings. The average molecular weight is 517 g/mol. The summed E-state index contributed by atoms with van der Waals surface area (Å²) in [5, 5.41) is 0.0656. The van der Waals surface area contributed by atoms with Gasteiger partial charge in [-0.05, 0) is 46.0 Å². The minimum absolute atomic E-state index is 0.0117. The molecule has 0 aliphatic heterocycles. The molecule has 0 amide bonds. The van der Waals surface area contributed by atoms with Gasteiger partial charge in [-0.1, -0.05) is 26.8 Å². The summed E-state index contributed by atoms with van der Waals surface area (Å²) in [6, 6.07) is 9.19. The third-order valence-corrected chi connectivity index (χ3v) is 7.15. The highest BCUT2D eigenvalue weighted by atomic mass is 28.2. The maximum atomic E-state index is 13.5. The van der Waals surface area contributed by atoms with Crippen molar-refractivity contribution in [3.05, 3.63) is 41.5 Å². The molecule has 0 bridgehead atoms. The standard InChI is InChI=1S/C27H36O8Si/c1-27(2,3)36-35-21-14-18(28)24(17-12-22(31-6)26(33-8)23(13-17)32-7)25(21)16-9-10-19(30-5)20(11-16)34-15-29-4/h9-13,21H,14-15,36H2,1-8H3. The van der Waals surface area contributed by atoms with Crippen LogP contribution >= 0.6 is 0 Å². The molecule has 36 heavy (non-hydrogen) atoms. The molecule has 1 atom stereocenters. The van der Waals surface area contributed by atoms with Crippen LogP contribution in [-0.2, 0) is 14.0 Å². The van der Waals surface area contributed by atoms with Crippen molar-refractivity contribution >= 4 is 26.7 Å². The third-order valence-electron chi connectivity index (χ3n) is 5.72. The topological polar surface area (TPSA) is 81.7 Å². The Kier molecular flexibility index (Phi) is 9.05. The maximum Gasteiger partial charge on any atom is 0.203 e. The van der Waals surface area contributed by atoms with Crippen molar-refractivity contribution in [3.8, 4) is 28.7 Å². The van der Waals surface area contributed by atoms with Crippen molar-refractivity contribution in [2.75, 3.05) is 42.3 Å². The second-order valence-corrected chi connectivity index (χ2v) is 12.4. The third kappa shape index (κ3) is 6.03. The van der Waals surface area contributed by atoms with Gasteiger partial charge in [0, 0.05) is 19.1 Å². The molecule has 1 unspecified atom stereocenters. The van der Waals surface area contributed by atoms with Crippen LogP contribution in [0.3, 0.4) is 0 Å². The van der Waals surface area contributed by atoms with Crippen molar-refractivity contribution in [2.45, 2.75) is 38.3 Å². The first-order valence-corrected chi connectivity index (χ1v) is 12.9. The van der Waals surface area contributed by atoms with E-state index in [0.717, 1.165) is 11.1 Å². The molecule has 8 nitrogen and oxygen atoms in total. The number of allylic oxidation sites excluding steroid dienone is 1. The van der Waals surface area contributed by atoms with Gasteiger partial charge < -0.3 is 32.8 Å². The van der Waals surface area contributed by atoms with E-state index >= 15 is 0 Å². The number of Topliss-reactive ketones (excluding diaryl/α,β-unsaturated/α-hetero) is 1. The summed E-state index contributed by atoms with van der Waals surface area (Å²) >= 11 is 0. The number of ketones is 1. The number of carbonyl (C=O) groups excluding carboxylic acids is 1. The van der Waals surface area contributed by atoms with Gasteiger partial charge in [0.2, 0.25) is 5.75 Å². The molecule has 3 rings (SSSR count). The fraction of sp³-hybridized carbons (Fsp3) is 0.444. The van der Waals surface area contributed by atoms with Crippen LogP contribution in [0.15, 0.2) is 30.3 Å². The highest BCUT2D eigenvalue weighted by molar-refractivity contribution is 6.35. The fourth-order valence-corrected chi connectivity index (χ4v) is 5.11. The Bertz CT molecular complexity index is 1090. The van der Waals surface area contributed by atoms with Crippen LogP contribution in [0, 0.1) is 0 Å². The van der Waals surface area contributed by atoms with Crippen molar-refractivity contribution in [3.63, 3.8) is 0 Å². The monoisotopic (exact) mass is 516 g/mol. The number of carbonyl (C=O) groups is 1. The SMILES string of the molecule is COCOc1cc(C2=C(c3cc(OC)c(OC)c(OC)c3)C(=O)CC2O[SiH2]C(C)(C)C)ccc1OC. The smallest absolute Gasteiger partial charge is 0.203 e. The lowest BCUT2D eigenvalue weighted by Gasteiger charge is -2.23. The Labute approximate surface area is 215 Å². The molecule has 1 aliphatic carbocycles. The second kappa shape index (κ2) is 11.8.